The van der Waals surface area contributed by atoms with Gasteiger partial charge in [0.05, 0.1) is 19.1 Å². The van der Waals surface area contributed by atoms with Crippen molar-refractivity contribution in [3.05, 3.63) is 17.5 Å². The van der Waals surface area contributed by atoms with Crippen LogP contribution in [0.4, 0.5) is 0 Å². The van der Waals surface area contributed by atoms with Gasteiger partial charge in [-0.1, -0.05) is 6.92 Å². The minimum atomic E-state index is 0.410. The zero-order valence-electron chi connectivity index (χ0n) is 12.2. The number of aromatic nitrogens is 7. The summed E-state index contributed by atoms with van der Waals surface area (Å²) in [5.74, 6) is 3.01. The molecule has 0 spiro atoms. The van der Waals surface area contributed by atoms with Gasteiger partial charge in [0.25, 0.3) is 0 Å². The lowest BCUT2D eigenvalue weighted by Crippen LogP contribution is -2.38. The molecule has 2 aliphatic rings. The number of hydrogen-bond acceptors (Lipinski definition) is 6. The Morgan fingerprint density at radius 2 is 2.19 bits per heavy atom. The molecule has 1 saturated carbocycles. The summed E-state index contributed by atoms with van der Waals surface area (Å²) in [5, 5.41) is 20.1. The molecule has 1 aliphatic heterocycles. The number of hydrogen-bond donors (Lipinski definition) is 1. The number of nitrogens with one attached hydrogen (secondary N) is 1. The van der Waals surface area contributed by atoms with Crippen LogP contribution < -0.4 is 5.32 Å². The highest BCUT2D eigenvalue weighted by Crippen LogP contribution is 2.34. The Hall–Kier alpha value is -1.83. The van der Waals surface area contributed by atoms with E-state index in [4.69, 9.17) is 0 Å². The van der Waals surface area contributed by atoms with Crippen molar-refractivity contribution in [2.75, 3.05) is 0 Å². The zero-order valence-corrected chi connectivity index (χ0v) is 12.2. The number of tetrazole rings is 1. The van der Waals surface area contributed by atoms with Gasteiger partial charge in [0.15, 0.2) is 11.6 Å². The van der Waals surface area contributed by atoms with E-state index in [-0.39, 0.29) is 0 Å². The van der Waals surface area contributed by atoms with Crippen LogP contribution >= 0.6 is 0 Å². The molecule has 1 atom stereocenters. The third kappa shape index (κ3) is 2.55. The van der Waals surface area contributed by atoms with Crippen molar-refractivity contribution in [1.29, 1.82) is 0 Å². The Morgan fingerprint density at radius 1 is 1.29 bits per heavy atom. The van der Waals surface area contributed by atoms with Crippen LogP contribution in [-0.2, 0) is 25.9 Å². The lowest BCUT2D eigenvalue weighted by molar-refractivity contribution is 0.351. The Balaban J connectivity index is 1.38. The molecule has 1 aliphatic carbocycles. The van der Waals surface area contributed by atoms with Crippen LogP contribution in [0.1, 0.15) is 49.7 Å². The quantitative estimate of drug-likeness (QED) is 0.849. The molecule has 8 nitrogen and oxygen atoms in total. The fourth-order valence-corrected chi connectivity index (χ4v) is 2.84. The van der Waals surface area contributed by atoms with Crippen molar-refractivity contribution < 1.29 is 0 Å². The van der Waals surface area contributed by atoms with Gasteiger partial charge in [0.1, 0.15) is 5.82 Å². The fraction of sp³-hybridized carbons (Fsp3) is 0.769. The van der Waals surface area contributed by atoms with Crippen molar-refractivity contribution in [1.82, 2.24) is 40.3 Å². The third-order valence-electron chi connectivity index (χ3n) is 4.22. The van der Waals surface area contributed by atoms with Crippen molar-refractivity contribution in [3.8, 4) is 0 Å². The SMILES string of the molecule is CCc1nc2n(n1)C[C@@H](NCc1nnnn1C1CC1)CC2. The minimum Gasteiger partial charge on any atom is -0.305 e. The Morgan fingerprint density at radius 3 is 3.00 bits per heavy atom. The summed E-state index contributed by atoms with van der Waals surface area (Å²) in [7, 11) is 0. The Labute approximate surface area is 122 Å². The van der Waals surface area contributed by atoms with Crippen LogP contribution in [-0.4, -0.2) is 41.0 Å². The average Bonchev–Trinajstić information content (AvgIpc) is 3.10. The van der Waals surface area contributed by atoms with Gasteiger partial charge in [-0.25, -0.2) is 14.3 Å². The lowest BCUT2D eigenvalue weighted by Gasteiger charge is -2.23. The molecule has 1 fully saturated rings. The standard InChI is InChI=1S/C13H20N8/c1-2-11-15-12-6-3-9(8-20(12)17-11)14-7-13-16-18-19-21(13)10-4-5-10/h9-10,14H,2-8H2,1H3/t9-/m0/s1. The maximum absolute atomic E-state index is 4.55. The first-order chi connectivity index (χ1) is 10.3. The second kappa shape index (κ2) is 5.18. The molecule has 0 amide bonds. The molecule has 4 rings (SSSR count). The first kappa shape index (κ1) is 12.9. The van der Waals surface area contributed by atoms with E-state index < -0.39 is 0 Å². The van der Waals surface area contributed by atoms with Crippen LogP contribution in [0.15, 0.2) is 0 Å². The van der Waals surface area contributed by atoms with Gasteiger partial charge in [-0.2, -0.15) is 5.10 Å². The molecule has 8 heteroatoms. The van der Waals surface area contributed by atoms with Gasteiger partial charge in [-0.15, -0.1) is 5.10 Å². The highest BCUT2D eigenvalue weighted by Gasteiger charge is 2.28. The summed E-state index contributed by atoms with van der Waals surface area (Å²) in [4.78, 5) is 4.55. The van der Waals surface area contributed by atoms with E-state index in [2.05, 4.69) is 37.8 Å². The first-order valence-corrected chi connectivity index (χ1v) is 7.76. The molecule has 0 aromatic carbocycles. The van der Waals surface area contributed by atoms with Gasteiger partial charge in [-0.3, -0.25) is 0 Å². The maximum atomic E-state index is 4.55. The van der Waals surface area contributed by atoms with E-state index in [0.717, 1.165) is 49.8 Å². The molecule has 0 unspecified atom stereocenters. The van der Waals surface area contributed by atoms with Crippen molar-refractivity contribution in [2.24, 2.45) is 0 Å². The predicted molar refractivity (Wildman–Crippen MR) is 74.4 cm³/mol. The maximum Gasteiger partial charge on any atom is 0.165 e. The van der Waals surface area contributed by atoms with E-state index in [1.807, 2.05) is 9.36 Å². The second-order valence-corrected chi connectivity index (χ2v) is 5.87. The molecule has 112 valence electrons. The minimum absolute atomic E-state index is 0.410. The number of aryl methyl sites for hydroxylation is 2. The molecule has 1 N–H and O–H groups in total. The first-order valence-electron chi connectivity index (χ1n) is 7.76. The summed E-state index contributed by atoms with van der Waals surface area (Å²) in [5.41, 5.74) is 0. The molecule has 3 heterocycles. The molecular formula is C13H20N8. The molecule has 2 aromatic rings. The van der Waals surface area contributed by atoms with Crippen LogP contribution in [0, 0.1) is 0 Å². The number of rotatable bonds is 5. The van der Waals surface area contributed by atoms with E-state index in [9.17, 15) is 0 Å². The van der Waals surface area contributed by atoms with E-state index in [0.29, 0.717) is 12.1 Å². The fourth-order valence-electron chi connectivity index (χ4n) is 2.84. The molecule has 0 radical (unpaired) electrons. The summed E-state index contributed by atoms with van der Waals surface area (Å²) in [6, 6.07) is 0.936. The van der Waals surface area contributed by atoms with Crippen LogP contribution in [0.5, 0.6) is 0 Å². The van der Waals surface area contributed by atoms with Crippen molar-refractivity contribution in [3.63, 3.8) is 0 Å². The number of nitrogens with zero attached hydrogens (tertiary/aromatic N) is 7. The van der Waals surface area contributed by atoms with Crippen molar-refractivity contribution in [2.45, 2.75) is 64.2 Å². The molecule has 0 saturated heterocycles. The van der Waals surface area contributed by atoms with Crippen LogP contribution in [0.2, 0.25) is 0 Å². The topological polar surface area (TPSA) is 86.3 Å². The monoisotopic (exact) mass is 288 g/mol. The highest BCUT2D eigenvalue weighted by molar-refractivity contribution is 4.98. The molecule has 21 heavy (non-hydrogen) atoms. The van der Waals surface area contributed by atoms with Gasteiger partial charge in [-0.05, 0) is 29.7 Å². The zero-order chi connectivity index (χ0) is 14.2. The summed E-state index contributed by atoms with van der Waals surface area (Å²) in [6.45, 7) is 3.70. The highest BCUT2D eigenvalue weighted by atomic mass is 15.6. The van der Waals surface area contributed by atoms with Crippen LogP contribution in [0.3, 0.4) is 0 Å². The predicted octanol–water partition coefficient (Wildman–Crippen LogP) is 0.266. The third-order valence-corrected chi connectivity index (χ3v) is 4.22. The number of fused-ring (bicyclic) bond motifs is 1. The summed E-state index contributed by atoms with van der Waals surface area (Å²) in [6.07, 6.45) is 5.37. The van der Waals surface area contributed by atoms with E-state index >= 15 is 0 Å². The van der Waals surface area contributed by atoms with E-state index in [1.54, 1.807) is 0 Å². The van der Waals surface area contributed by atoms with Crippen molar-refractivity contribution >= 4 is 0 Å². The van der Waals surface area contributed by atoms with Gasteiger partial charge in [0.2, 0.25) is 0 Å². The van der Waals surface area contributed by atoms with Gasteiger partial charge < -0.3 is 5.32 Å². The smallest absolute Gasteiger partial charge is 0.165 e. The van der Waals surface area contributed by atoms with Gasteiger partial charge >= 0.3 is 0 Å². The Kier molecular flexibility index (Phi) is 3.17. The summed E-state index contributed by atoms with van der Waals surface area (Å²) >= 11 is 0. The van der Waals surface area contributed by atoms with E-state index in [1.165, 1.54) is 12.8 Å². The second-order valence-electron chi connectivity index (χ2n) is 5.87. The largest absolute Gasteiger partial charge is 0.305 e. The van der Waals surface area contributed by atoms with Gasteiger partial charge in [0, 0.05) is 18.9 Å². The lowest BCUT2D eigenvalue weighted by atomic mass is 10.1. The molecule has 0 bridgehead atoms. The normalized spacial score (nSPS) is 21.5. The average molecular weight is 288 g/mol. The molecular weight excluding hydrogens is 268 g/mol. The summed E-state index contributed by atoms with van der Waals surface area (Å²) < 4.78 is 4.01. The Bertz CT molecular complexity index is 626. The molecule has 2 aromatic heterocycles. The van der Waals surface area contributed by atoms with Crippen LogP contribution in [0.25, 0.3) is 0 Å².